The van der Waals surface area contributed by atoms with Crippen molar-refractivity contribution in [3.63, 3.8) is 0 Å². The standard InChI is InChI=1S/C13H15N3O4S/c1-7(14-13(20)9-3-2-6-21-9)11(18)15-8-4-5-10(17)16-12(8)19/h2-3,6-8H,4-5H2,1H3,(H,14,20)(H,15,18)(H,16,17,19). The third-order valence-corrected chi connectivity index (χ3v) is 3.91. The molecule has 2 heterocycles. The van der Waals surface area contributed by atoms with Crippen LogP contribution in [0.15, 0.2) is 17.5 Å². The third kappa shape index (κ3) is 3.88. The summed E-state index contributed by atoms with van der Waals surface area (Å²) in [7, 11) is 0. The molecule has 0 spiro atoms. The van der Waals surface area contributed by atoms with Crippen LogP contribution in [0.4, 0.5) is 0 Å². The second-order valence-corrected chi connectivity index (χ2v) is 5.63. The number of carbonyl (C=O) groups excluding carboxylic acids is 4. The Morgan fingerprint density at radius 3 is 2.81 bits per heavy atom. The van der Waals surface area contributed by atoms with E-state index in [1.165, 1.54) is 18.3 Å². The molecule has 0 saturated carbocycles. The molecule has 0 radical (unpaired) electrons. The van der Waals surface area contributed by atoms with Gasteiger partial charge in [0, 0.05) is 6.42 Å². The number of carbonyl (C=O) groups is 4. The number of imide groups is 1. The lowest BCUT2D eigenvalue weighted by Crippen LogP contribution is -2.55. The molecule has 8 heteroatoms. The van der Waals surface area contributed by atoms with E-state index in [1.54, 1.807) is 17.5 Å². The number of amides is 4. The van der Waals surface area contributed by atoms with Gasteiger partial charge in [-0.15, -0.1) is 11.3 Å². The van der Waals surface area contributed by atoms with Gasteiger partial charge in [-0.25, -0.2) is 0 Å². The van der Waals surface area contributed by atoms with Crippen LogP contribution in [-0.4, -0.2) is 35.7 Å². The fraction of sp³-hybridized carbons (Fsp3) is 0.385. The average Bonchev–Trinajstić information content (AvgIpc) is 2.95. The van der Waals surface area contributed by atoms with Crippen molar-refractivity contribution in [1.82, 2.24) is 16.0 Å². The van der Waals surface area contributed by atoms with Crippen LogP contribution in [0.1, 0.15) is 29.4 Å². The molecule has 2 atom stereocenters. The lowest BCUT2D eigenvalue weighted by Gasteiger charge is -2.23. The van der Waals surface area contributed by atoms with Crippen molar-refractivity contribution in [2.24, 2.45) is 0 Å². The molecule has 0 aromatic carbocycles. The van der Waals surface area contributed by atoms with Gasteiger partial charge >= 0.3 is 0 Å². The molecule has 21 heavy (non-hydrogen) atoms. The minimum Gasteiger partial charge on any atom is -0.343 e. The second-order valence-electron chi connectivity index (χ2n) is 4.68. The Balaban J connectivity index is 1.86. The van der Waals surface area contributed by atoms with Gasteiger partial charge in [0.05, 0.1) is 4.88 Å². The predicted molar refractivity (Wildman–Crippen MR) is 75.6 cm³/mol. The molecule has 7 nitrogen and oxygen atoms in total. The van der Waals surface area contributed by atoms with Crippen LogP contribution in [0.3, 0.4) is 0 Å². The number of piperidine rings is 1. The number of hydrogen-bond acceptors (Lipinski definition) is 5. The van der Waals surface area contributed by atoms with E-state index in [0.29, 0.717) is 4.88 Å². The maximum Gasteiger partial charge on any atom is 0.261 e. The van der Waals surface area contributed by atoms with Gasteiger partial charge in [-0.3, -0.25) is 24.5 Å². The van der Waals surface area contributed by atoms with Crippen molar-refractivity contribution < 1.29 is 19.2 Å². The van der Waals surface area contributed by atoms with E-state index in [1.807, 2.05) is 0 Å². The fourth-order valence-corrected chi connectivity index (χ4v) is 2.50. The minimum absolute atomic E-state index is 0.187. The lowest BCUT2D eigenvalue weighted by atomic mass is 10.1. The summed E-state index contributed by atoms with van der Waals surface area (Å²) < 4.78 is 0. The Bertz CT molecular complexity index is 570. The first-order chi connectivity index (χ1) is 9.97. The van der Waals surface area contributed by atoms with Crippen LogP contribution in [-0.2, 0) is 14.4 Å². The first-order valence-corrected chi connectivity index (χ1v) is 7.34. The summed E-state index contributed by atoms with van der Waals surface area (Å²) >= 11 is 1.28. The third-order valence-electron chi connectivity index (χ3n) is 3.04. The van der Waals surface area contributed by atoms with E-state index >= 15 is 0 Å². The number of hydrogen-bond donors (Lipinski definition) is 3. The van der Waals surface area contributed by atoms with E-state index in [-0.39, 0.29) is 24.7 Å². The van der Waals surface area contributed by atoms with Gasteiger partial charge in [0.2, 0.25) is 17.7 Å². The molecule has 1 aromatic rings. The van der Waals surface area contributed by atoms with Gasteiger partial charge in [0.25, 0.3) is 5.91 Å². The summed E-state index contributed by atoms with van der Waals surface area (Å²) in [6.07, 6.45) is 0.453. The van der Waals surface area contributed by atoms with Gasteiger partial charge in [0.15, 0.2) is 0 Å². The normalized spacial score (nSPS) is 19.6. The highest BCUT2D eigenvalue weighted by molar-refractivity contribution is 7.12. The van der Waals surface area contributed by atoms with Gasteiger partial charge in [-0.1, -0.05) is 6.07 Å². The predicted octanol–water partition coefficient (Wildman–Crippen LogP) is -0.212. The monoisotopic (exact) mass is 309 g/mol. The van der Waals surface area contributed by atoms with Crippen molar-refractivity contribution in [2.75, 3.05) is 0 Å². The first-order valence-electron chi connectivity index (χ1n) is 6.46. The SMILES string of the molecule is CC(NC(=O)c1cccs1)C(=O)NC1CCC(=O)NC1=O. The number of thiophene rings is 1. The zero-order valence-electron chi connectivity index (χ0n) is 11.3. The summed E-state index contributed by atoms with van der Waals surface area (Å²) in [6, 6.07) is 1.89. The van der Waals surface area contributed by atoms with E-state index in [4.69, 9.17) is 0 Å². The lowest BCUT2D eigenvalue weighted by molar-refractivity contribution is -0.137. The van der Waals surface area contributed by atoms with Crippen LogP contribution in [0.5, 0.6) is 0 Å². The van der Waals surface area contributed by atoms with Gasteiger partial charge in [0.1, 0.15) is 12.1 Å². The Morgan fingerprint density at radius 1 is 1.43 bits per heavy atom. The Hall–Kier alpha value is -2.22. The molecule has 2 unspecified atom stereocenters. The van der Waals surface area contributed by atoms with Crippen LogP contribution in [0.25, 0.3) is 0 Å². The molecule has 1 aromatic heterocycles. The maximum atomic E-state index is 12.0. The van der Waals surface area contributed by atoms with Gasteiger partial charge < -0.3 is 10.6 Å². The molecule has 0 aliphatic carbocycles. The Kier molecular flexibility index (Phi) is 4.69. The van der Waals surface area contributed by atoms with Crippen molar-refractivity contribution in [3.05, 3.63) is 22.4 Å². The van der Waals surface area contributed by atoms with Gasteiger partial charge in [-0.05, 0) is 24.8 Å². The Morgan fingerprint density at radius 2 is 2.19 bits per heavy atom. The fourth-order valence-electron chi connectivity index (χ4n) is 1.87. The molecule has 3 N–H and O–H groups in total. The molecule has 4 amide bonds. The molecular weight excluding hydrogens is 294 g/mol. The zero-order valence-corrected chi connectivity index (χ0v) is 12.2. The van der Waals surface area contributed by atoms with Crippen LogP contribution in [0, 0.1) is 0 Å². The van der Waals surface area contributed by atoms with Crippen LogP contribution in [0.2, 0.25) is 0 Å². The number of rotatable bonds is 4. The largest absolute Gasteiger partial charge is 0.343 e. The molecule has 0 bridgehead atoms. The zero-order chi connectivity index (χ0) is 15.4. The highest BCUT2D eigenvalue weighted by Gasteiger charge is 2.29. The summed E-state index contributed by atoms with van der Waals surface area (Å²) in [6.45, 7) is 1.53. The molecule has 112 valence electrons. The molecule has 1 fully saturated rings. The van der Waals surface area contributed by atoms with Crippen LogP contribution >= 0.6 is 11.3 Å². The van der Waals surface area contributed by atoms with Crippen molar-refractivity contribution in [2.45, 2.75) is 31.8 Å². The highest BCUT2D eigenvalue weighted by atomic mass is 32.1. The summed E-state index contributed by atoms with van der Waals surface area (Å²) in [5, 5.41) is 9.01. The van der Waals surface area contributed by atoms with Gasteiger partial charge in [-0.2, -0.15) is 0 Å². The molecule has 2 rings (SSSR count). The second kappa shape index (κ2) is 6.49. The Labute approximate surface area is 125 Å². The summed E-state index contributed by atoms with van der Waals surface area (Å²) in [5.74, 6) is -1.66. The molecule has 1 aliphatic rings. The van der Waals surface area contributed by atoms with Crippen molar-refractivity contribution >= 4 is 35.0 Å². The smallest absolute Gasteiger partial charge is 0.261 e. The van der Waals surface area contributed by atoms with E-state index in [9.17, 15) is 19.2 Å². The number of nitrogens with one attached hydrogen (secondary N) is 3. The van der Waals surface area contributed by atoms with Crippen molar-refractivity contribution in [1.29, 1.82) is 0 Å². The first kappa shape index (κ1) is 15.2. The minimum atomic E-state index is -0.773. The average molecular weight is 309 g/mol. The van der Waals surface area contributed by atoms with E-state index < -0.39 is 23.9 Å². The summed E-state index contributed by atoms with van der Waals surface area (Å²) in [4.78, 5) is 46.8. The van der Waals surface area contributed by atoms with Crippen molar-refractivity contribution in [3.8, 4) is 0 Å². The van der Waals surface area contributed by atoms with Crippen LogP contribution < -0.4 is 16.0 Å². The highest BCUT2D eigenvalue weighted by Crippen LogP contribution is 2.08. The molecule has 1 aliphatic heterocycles. The van der Waals surface area contributed by atoms with E-state index in [2.05, 4.69) is 16.0 Å². The molecule has 1 saturated heterocycles. The maximum absolute atomic E-state index is 12.0. The molecular formula is C13H15N3O4S. The quantitative estimate of drug-likeness (QED) is 0.669. The topological polar surface area (TPSA) is 104 Å². The van der Waals surface area contributed by atoms with E-state index in [0.717, 1.165) is 0 Å². The summed E-state index contributed by atoms with van der Waals surface area (Å²) in [5.41, 5.74) is 0.